The molecule has 1 N–H and O–H groups in total. The van der Waals surface area contributed by atoms with Crippen LogP contribution < -0.4 is 14.8 Å². The smallest absolute Gasteiger partial charge is 0.262 e. The fourth-order valence-corrected chi connectivity index (χ4v) is 3.94. The Balaban J connectivity index is 1.79. The Morgan fingerprint density at radius 1 is 1.18 bits per heavy atom. The Kier molecular flexibility index (Phi) is 8.44. The summed E-state index contributed by atoms with van der Waals surface area (Å²) in [4.78, 5) is 12.7. The van der Waals surface area contributed by atoms with Crippen molar-refractivity contribution in [3.8, 4) is 17.6 Å². The second kappa shape index (κ2) is 11.5. The molecule has 3 rings (SSSR count). The lowest BCUT2D eigenvalue weighted by Gasteiger charge is -2.15. The maximum atomic E-state index is 13.4. The van der Waals surface area contributed by atoms with Crippen LogP contribution in [0.1, 0.15) is 29.7 Å². The summed E-state index contributed by atoms with van der Waals surface area (Å²) < 4.78 is 25.5. The Labute approximate surface area is 206 Å². The fourth-order valence-electron chi connectivity index (χ4n) is 3.16. The average Bonchev–Trinajstić information content (AvgIpc) is 2.82. The Morgan fingerprint density at radius 2 is 1.94 bits per heavy atom. The van der Waals surface area contributed by atoms with Crippen LogP contribution in [0.3, 0.4) is 0 Å². The molecule has 0 spiro atoms. The number of halogens is 2. The number of amides is 1. The average molecular weight is 556 g/mol. The predicted octanol–water partition coefficient (Wildman–Crippen LogP) is 5.80. The largest absolute Gasteiger partial charge is 0.493 e. The van der Waals surface area contributed by atoms with Crippen LogP contribution in [0.5, 0.6) is 11.5 Å². The zero-order valence-corrected chi connectivity index (χ0v) is 20.3. The number of nitrogens with one attached hydrogen (secondary N) is 1. The van der Waals surface area contributed by atoms with Gasteiger partial charge in [0.15, 0.2) is 11.5 Å². The van der Waals surface area contributed by atoms with Crippen LogP contribution in [0.25, 0.3) is 6.08 Å². The van der Waals surface area contributed by atoms with E-state index in [4.69, 9.17) is 9.47 Å². The number of hydrogen-bond acceptors (Lipinski definition) is 4. The number of ether oxygens (including phenoxy) is 2. The topological polar surface area (TPSA) is 71.3 Å². The molecule has 168 valence electrons. The molecule has 3 aromatic carbocycles. The molecule has 1 amide bonds. The van der Waals surface area contributed by atoms with E-state index in [1.54, 1.807) is 24.3 Å². The maximum absolute atomic E-state index is 13.4. The van der Waals surface area contributed by atoms with Gasteiger partial charge in [-0.25, -0.2) is 4.39 Å². The van der Waals surface area contributed by atoms with Gasteiger partial charge in [-0.05, 0) is 76.5 Å². The molecule has 0 aromatic heterocycles. The molecule has 1 atom stereocenters. The number of carbonyl (C=O) groups excluding carboxylic acids is 1. The lowest BCUT2D eigenvalue weighted by atomic mass is 10.1. The van der Waals surface area contributed by atoms with Crippen molar-refractivity contribution in [2.24, 2.45) is 0 Å². The molecular formula is C26H22FIN2O3. The monoisotopic (exact) mass is 556 g/mol. The minimum atomic E-state index is -0.464. The van der Waals surface area contributed by atoms with Crippen molar-refractivity contribution in [3.63, 3.8) is 0 Å². The van der Waals surface area contributed by atoms with E-state index in [-0.39, 0.29) is 24.0 Å². The Hall–Kier alpha value is -3.38. The molecule has 0 aliphatic heterocycles. The number of nitriles is 1. The van der Waals surface area contributed by atoms with Gasteiger partial charge in [0.05, 0.1) is 16.7 Å². The second-order valence-electron chi connectivity index (χ2n) is 7.23. The molecule has 33 heavy (non-hydrogen) atoms. The van der Waals surface area contributed by atoms with E-state index in [1.807, 2.05) is 43.3 Å². The quantitative estimate of drug-likeness (QED) is 0.216. The lowest BCUT2D eigenvalue weighted by molar-refractivity contribution is -0.117. The second-order valence-corrected chi connectivity index (χ2v) is 8.39. The summed E-state index contributed by atoms with van der Waals surface area (Å²) in [5.74, 6) is 0.150. The van der Waals surface area contributed by atoms with Crippen molar-refractivity contribution < 1.29 is 18.7 Å². The highest BCUT2D eigenvalue weighted by molar-refractivity contribution is 14.1. The van der Waals surface area contributed by atoms with Crippen molar-refractivity contribution in [1.29, 1.82) is 5.26 Å². The molecule has 3 aromatic rings. The third kappa shape index (κ3) is 6.56. The molecule has 0 aliphatic carbocycles. The van der Waals surface area contributed by atoms with Gasteiger partial charge in [-0.1, -0.05) is 42.5 Å². The van der Waals surface area contributed by atoms with E-state index in [2.05, 4.69) is 27.9 Å². The Bertz CT molecular complexity index is 1210. The Morgan fingerprint density at radius 3 is 2.61 bits per heavy atom. The number of carbonyl (C=O) groups is 1. The fraction of sp³-hybridized carbons (Fsp3) is 0.154. The summed E-state index contributed by atoms with van der Waals surface area (Å²) in [6.07, 6.45) is 1.51. The number of nitrogens with zero attached hydrogens (tertiary/aromatic N) is 1. The first-order chi connectivity index (χ1) is 15.9. The summed E-state index contributed by atoms with van der Waals surface area (Å²) in [6, 6.07) is 20.9. The molecule has 0 saturated heterocycles. The van der Waals surface area contributed by atoms with Gasteiger partial charge >= 0.3 is 0 Å². The van der Waals surface area contributed by atoms with Gasteiger partial charge in [-0.15, -0.1) is 0 Å². The molecule has 0 aliphatic rings. The standard InChI is InChI=1S/C26H22FIN2O3/c1-17(20-8-4-3-5-9-20)30-26(31)21(15-29)11-19-13-23(28)25(24(14-19)32-2)33-16-18-7-6-10-22(27)12-18/h3-14,17H,16H2,1-2H3,(H,30,31)/b21-11-/t17-/m1/s1. The highest BCUT2D eigenvalue weighted by atomic mass is 127. The highest BCUT2D eigenvalue weighted by Gasteiger charge is 2.16. The van der Waals surface area contributed by atoms with E-state index < -0.39 is 5.91 Å². The zero-order chi connectivity index (χ0) is 23.8. The summed E-state index contributed by atoms with van der Waals surface area (Å²) in [5.41, 5.74) is 2.23. The molecule has 0 unspecified atom stereocenters. The van der Waals surface area contributed by atoms with Gasteiger partial charge in [-0.2, -0.15) is 5.26 Å². The van der Waals surface area contributed by atoms with E-state index in [9.17, 15) is 14.4 Å². The highest BCUT2D eigenvalue weighted by Crippen LogP contribution is 2.35. The third-order valence-electron chi connectivity index (χ3n) is 4.85. The molecule has 7 heteroatoms. The summed E-state index contributed by atoms with van der Waals surface area (Å²) >= 11 is 2.10. The minimum absolute atomic E-state index is 0.0240. The number of benzene rings is 3. The summed E-state index contributed by atoms with van der Waals surface area (Å²) in [7, 11) is 1.51. The van der Waals surface area contributed by atoms with E-state index in [0.717, 1.165) is 9.13 Å². The molecule has 0 heterocycles. The minimum Gasteiger partial charge on any atom is -0.493 e. The lowest BCUT2D eigenvalue weighted by Crippen LogP contribution is -2.27. The summed E-state index contributed by atoms with van der Waals surface area (Å²) in [5, 5.41) is 12.4. The SMILES string of the molecule is COc1cc(/C=C(/C#N)C(=O)N[C@H](C)c2ccccc2)cc(I)c1OCc1cccc(F)c1. The van der Waals surface area contributed by atoms with Gasteiger partial charge < -0.3 is 14.8 Å². The first-order valence-corrected chi connectivity index (χ1v) is 11.2. The van der Waals surface area contributed by atoms with Gasteiger partial charge in [0.1, 0.15) is 24.1 Å². The van der Waals surface area contributed by atoms with Crippen LogP contribution in [-0.4, -0.2) is 13.0 Å². The van der Waals surface area contributed by atoms with Crippen LogP contribution in [0.4, 0.5) is 4.39 Å². The van der Waals surface area contributed by atoms with Crippen molar-refractivity contribution in [3.05, 3.63) is 98.4 Å². The van der Waals surface area contributed by atoms with Crippen LogP contribution in [0, 0.1) is 20.7 Å². The molecule has 0 fully saturated rings. The first kappa shape index (κ1) is 24.3. The molecule has 5 nitrogen and oxygen atoms in total. The normalized spacial score (nSPS) is 11.9. The van der Waals surface area contributed by atoms with Crippen LogP contribution >= 0.6 is 22.6 Å². The van der Waals surface area contributed by atoms with Gasteiger partial charge in [-0.3, -0.25) is 4.79 Å². The van der Waals surface area contributed by atoms with Crippen molar-refractivity contribution in [2.45, 2.75) is 19.6 Å². The number of methoxy groups -OCH3 is 1. The van der Waals surface area contributed by atoms with E-state index in [1.165, 1.54) is 25.3 Å². The first-order valence-electron chi connectivity index (χ1n) is 10.1. The molecular weight excluding hydrogens is 534 g/mol. The molecule has 0 radical (unpaired) electrons. The van der Waals surface area contributed by atoms with E-state index in [0.29, 0.717) is 22.6 Å². The molecule has 0 bridgehead atoms. The molecule has 0 saturated carbocycles. The number of hydrogen-bond donors (Lipinski definition) is 1. The number of rotatable bonds is 8. The van der Waals surface area contributed by atoms with E-state index >= 15 is 0 Å². The van der Waals surface area contributed by atoms with Gasteiger partial charge in [0.2, 0.25) is 0 Å². The van der Waals surface area contributed by atoms with Crippen molar-refractivity contribution >= 4 is 34.6 Å². The van der Waals surface area contributed by atoms with Crippen molar-refractivity contribution in [2.75, 3.05) is 7.11 Å². The summed E-state index contributed by atoms with van der Waals surface area (Å²) in [6.45, 7) is 2.03. The van der Waals surface area contributed by atoms with Crippen LogP contribution in [0.2, 0.25) is 0 Å². The van der Waals surface area contributed by atoms with Crippen molar-refractivity contribution in [1.82, 2.24) is 5.32 Å². The van der Waals surface area contributed by atoms with Crippen LogP contribution in [-0.2, 0) is 11.4 Å². The third-order valence-corrected chi connectivity index (χ3v) is 5.65. The predicted molar refractivity (Wildman–Crippen MR) is 133 cm³/mol. The maximum Gasteiger partial charge on any atom is 0.262 e. The van der Waals surface area contributed by atoms with Gasteiger partial charge in [0, 0.05) is 0 Å². The zero-order valence-electron chi connectivity index (χ0n) is 18.1. The van der Waals surface area contributed by atoms with Gasteiger partial charge in [0.25, 0.3) is 5.91 Å². The van der Waals surface area contributed by atoms with Crippen LogP contribution in [0.15, 0.2) is 72.3 Å².